The van der Waals surface area contributed by atoms with Crippen molar-refractivity contribution in [1.82, 2.24) is 24.7 Å². The number of piperazine rings is 1. The molecule has 11 nitrogen and oxygen atoms in total. The number of amides is 3. The normalized spacial score (nSPS) is 16.7. The molecule has 0 aliphatic carbocycles. The maximum Gasteiger partial charge on any atom is 0.409 e. The minimum atomic E-state index is -0.353. The first-order chi connectivity index (χ1) is 16.5. The Bertz CT molecular complexity index is 1040. The van der Waals surface area contributed by atoms with Gasteiger partial charge in [0, 0.05) is 51.4 Å². The predicted molar refractivity (Wildman–Crippen MR) is 129 cm³/mol. The number of ether oxygens (including phenoxy) is 1. The summed E-state index contributed by atoms with van der Waals surface area (Å²) in [7, 11) is 1.37. The molecule has 34 heavy (non-hydrogen) atoms. The van der Waals surface area contributed by atoms with Crippen molar-refractivity contribution in [3.63, 3.8) is 0 Å². The van der Waals surface area contributed by atoms with E-state index in [0.29, 0.717) is 61.1 Å². The van der Waals surface area contributed by atoms with Crippen molar-refractivity contribution >= 4 is 40.8 Å². The molecule has 182 valence electrons. The van der Waals surface area contributed by atoms with Crippen molar-refractivity contribution in [2.45, 2.75) is 13.3 Å². The molecule has 2 saturated heterocycles. The van der Waals surface area contributed by atoms with Crippen LogP contribution in [0.5, 0.6) is 0 Å². The van der Waals surface area contributed by atoms with Crippen LogP contribution in [0.2, 0.25) is 0 Å². The van der Waals surface area contributed by atoms with Crippen LogP contribution < -0.4 is 15.5 Å². The lowest BCUT2D eigenvalue weighted by atomic mass is 10.1. The molecule has 2 aliphatic rings. The summed E-state index contributed by atoms with van der Waals surface area (Å²) in [6.07, 6.45) is 0.546. The lowest BCUT2D eigenvalue weighted by Gasteiger charge is -2.36. The van der Waals surface area contributed by atoms with E-state index in [2.05, 4.69) is 25.1 Å². The van der Waals surface area contributed by atoms with Gasteiger partial charge in [-0.15, -0.1) is 5.10 Å². The highest BCUT2D eigenvalue weighted by atomic mass is 32.1. The fraction of sp³-hybridized carbons (Fsp3) is 0.500. The fourth-order valence-electron chi connectivity index (χ4n) is 4.15. The van der Waals surface area contributed by atoms with Crippen molar-refractivity contribution in [2.75, 3.05) is 69.7 Å². The van der Waals surface area contributed by atoms with E-state index in [0.717, 1.165) is 36.7 Å². The monoisotopic (exact) mass is 487 g/mol. The van der Waals surface area contributed by atoms with Crippen LogP contribution in [-0.2, 0) is 4.74 Å². The van der Waals surface area contributed by atoms with Gasteiger partial charge >= 0.3 is 6.09 Å². The summed E-state index contributed by atoms with van der Waals surface area (Å²) in [5.74, 6) is -0.373. The van der Waals surface area contributed by atoms with Gasteiger partial charge in [0.15, 0.2) is 0 Å². The molecule has 4 rings (SSSR count). The van der Waals surface area contributed by atoms with Gasteiger partial charge in [-0.05, 0) is 49.6 Å². The first-order valence-electron chi connectivity index (χ1n) is 11.3. The van der Waals surface area contributed by atoms with E-state index in [1.54, 1.807) is 24.0 Å². The Kier molecular flexibility index (Phi) is 7.58. The first kappa shape index (κ1) is 23.9. The smallest absolute Gasteiger partial charge is 0.409 e. The molecule has 0 bridgehead atoms. The van der Waals surface area contributed by atoms with Crippen LogP contribution in [0.15, 0.2) is 18.2 Å². The highest BCUT2D eigenvalue weighted by Gasteiger charge is 2.26. The van der Waals surface area contributed by atoms with Crippen molar-refractivity contribution in [1.29, 1.82) is 0 Å². The summed E-state index contributed by atoms with van der Waals surface area (Å²) >= 11 is 1.03. The Hall–Kier alpha value is -3.25. The van der Waals surface area contributed by atoms with Crippen LogP contribution in [0.4, 0.5) is 16.2 Å². The van der Waals surface area contributed by atoms with Crippen molar-refractivity contribution < 1.29 is 19.1 Å². The second-order valence-corrected chi connectivity index (χ2v) is 8.97. The van der Waals surface area contributed by atoms with Gasteiger partial charge in [0.25, 0.3) is 11.8 Å². The Morgan fingerprint density at radius 1 is 1.06 bits per heavy atom. The predicted octanol–water partition coefficient (Wildman–Crippen LogP) is 1.42. The molecule has 1 aromatic carbocycles. The molecule has 0 unspecified atom stereocenters. The van der Waals surface area contributed by atoms with E-state index in [9.17, 15) is 14.4 Å². The van der Waals surface area contributed by atoms with Gasteiger partial charge < -0.3 is 30.1 Å². The van der Waals surface area contributed by atoms with Gasteiger partial charge in [-0.3, -0.25) is 9.59 Å². The molecule has 2 N–H and O–H groups in total. The Balaban J connectivity index is 1.59. The van der Waals surface area contributed by atoms with Crippen LogP contribution in [0.3, 0.4) is 0 Å². The fourth-order valence-corrected chi connectivity index (χ4v) is 4.71. The zero-order valence-electron chi connectivity index (χ0n) is 19.4. The number of aromatic nitrogens is 2. The number of methoxy groups -OCH3 is 1. The zero-order chi connectivity index (χ0) is 24.1. The summed E-state index contributed by atoms with van der Waals surface area (Å²) in [4.78, 5) is 44.0. The lowest BCUT2D eigenvalue weighted by molar-refractivity contribution is 0.0766. The number of rotatable bonds is 4. The highest BCUT2D eigenvalue weighted by molar-refractivity contribution is 7.08. The summed E-state index contributed by atoms with van der Waals surface area (Å²) < 4.78 is 8.67. The standard InChI is InChI=1S/C22H29N7O4S/c1-15-19(34-26-25-15)20(30)24-17-14-16(21(31)28-8-3-6-23-7-9-28)4-5-18(17)27-10-12-29(13-11-27)22(32)33-2/h4-5,14,23H,3,6-13H2,1-2H3,(H,24,30). The van der Waals surface area contributed by atoms with E-state index >= 15 is 0 Å². The number of nitrogens with zero attached hydrogens (tertiary/aromatic N) is 5. The quantitative estimate of drug-likeness (QED) is 0.665. The van der Waals surface area contributed by atoms with E-state index < -0.39 is 0 Å². The average Bonchev–Trinajstić information content (AvgIpc) is 3.11. The third-order valence-electron chi connectivity index (χ3n) is 6.03. The van der Waals surface area contributed by atoms with Crippen LogP contribution in [0.25, 0.3) is 0 Å². The molecule has 1 aromatic heterocycles. The molecule has 0 atom stereocenters. The van der Waals surface area contributed by atoms with Gasteiger partial charge in [0.05, 0.1) is 24.2 Å². The summed E-state index contributed by atoms with van der Waals surface area (Å²) in [5.41, 5.74) is 2.42. The Morgan fingerprint density at radius 3 is 2.56 bits per heavy atom. The SMILES string of the molecule is COC(=O)N1CCN(c2ccc(C(=O)N3CCCNCC3)cc2NC(=O)c2snnc2C)CC1. The second kappa shape index (κ2) is 10.8. The zero-order valence-corrected chi connectivity index (χ0v) is 20.2. The lowest BCUT2D eigenvalue weighted by Crippen LogP contribution is -2.49. The third kappa shape index (κ3) is 5.28. The molecule has 0 spiro atoms. The molecule has 3 heterocycles. The Morgan fingerprint density at radius 2 is 1.85 bits per heavy atom. The summed E-state index contributed by atoms with van der Waals surface area (Å²) in [5, 5.41) is 10.2. The van der Waals surface area contributed by atoms with E-state index in [1.165, 1.54) is 7.11 Å². The van der Waals surface area contributed by atoms with Gasteiger partial charge in [-0.1, -0.05) is 4.49 Å². The number of nitrogens with one attached hydrogen (secondary N) is 2. The minimum absolute atomic E-state index is 0.0584. The molecule has 0 radical (unpaired) electrons. The maximum atomic E-state index is 13.2. The number of carbonyl (C=O) groups excluding carboxylic acids is 3. The maximum absolute atomic E-state index is 13.2. The Labute approximate surface area is 202 Å². The van der Waals surface area contributed by atoms with Crippen LogP contribution in [0.1, 0.15) is 32.1 Å². The topological polar surface area (TPSA) is 120 Å². The molecule has 2 aliphatic heterocycles. The number of hydrogen-bond acceptors (Lipinski definition) is 9. The summed E-state index contributed by atoms with van der Waals surface area (Å²) in [6.45, 7) is 6.87. The molecule has 0 saturated carbocycles. The van der Waals surface area contributed by atoms with Crippen molar-refractivity contribution in [3.8, 4) is 0 Å². The van der Waals surface area contributed by atoms with E-state index in [4.69, 9.17) is 4.74 Å². The van der Waals surface area contributed by atoms with Crippen LogP contribution in [0, 0.1) is 6.92 Å². The molecule has 12 heteroatoms. The largest absolute Gasteiger partial charge is 0.453 e. The van der Waals surface area contributed by atoms with Gasteiger partial charge in [0.1, 0.15) is 4.88 Å². The van der Waals surface area contributed by atoms with Crippen LogP contribution in [-0.4, -0.2) is 96.8 Å². The first-order valence-corrected chi connectivity index (χ1v) is 12.1. The van der Waals surface area contributed by atoms with E-state index in [1.807, 2.05) is 11.0 Å². The molecule has 2 aromatic rings. The third-order valence-corrected chi connectivity index (χ3v) is 6.86. The molecule has 2 fully saturated rings. The van der Waals surface area contributed by atoms with Gasteiger partial charge in [-0.2, -0.15) is 0 Å². The molecule has 3 amide bonds. The minimum Gasteiger partial charge on any atom is -0.453 e. The number of carbonyl (C=O) groups is 3. The number of hydrogen-bond donors (Lipinski definition) is 2. The van der Waals surface area contributed by atoms with Crippen molar-refractivity contribution in [2.24, 2.45) is 0 Å². The second-order valence-electron chi connectivity index (χ2n) is 8.21. The average molecular weight is 488 g/mol. The summed E-state index contributed by atoms with van der Waals surface area (Å²) in [6, 6.07) is 5.41. The number of anilines is 2. The number of aryl methyl sites for hydroxylation is 1. The van der Waals surface area contributed by atoms with Gasteiger partial charge in [-0.25, -0.2) is 4.79 Å². The molecular weight excluding hydrogens is 458 g/mol. The number of benzene rings is 1. The van der Waals surface area contributed by atoms with Gasteiger partial charge in [0.2, 0.25) is 0 Å². The van der Waals surface area contributed by atoms with Crippen molar-refractivity contribution in [3.05, 3.63) is 34.3 Å². The highest BCUT2D eigenvalue weighted by Crippen LogP contribution is 2.30. The molecular formula is C22H29N7O4S. The van der Waals surface area contributed by atoms with E-state index in [-0.39, 0.29) is 17.9 Å². The van der Waals surface area contributed by atoms with Crippen LogP contribution >= 0.6 is 11.5 Å².